The molecule has 0 fully saturated rings. The van der Waals surface area contributed by atoms with E-state index in [0.29, 0.717) is 5.16 Å². The zero-order valence-electron chi connectivity index (χ0n) is 11.9. The predicted molar refractivity (Wildman–Crippen MR) is 81.7 cm³/mol. The number of unbranched alkanes of at least 4 members (excludes halogenated alkanes) is 2. The Morgan fingerprint density at radius 1 is 1.55 bits per heavy atom. The molecule has 0 aliphatic carbocycles. The molecule has 1 aromatic heterocycles. The average Bonchev–Trinajstić information content (AvgIpc) is 2.35. The lowest BCUT2D eigenvalue weighted by molar-refractivity contribution is -0.119. The summed E-state index contributed by atoms with van der Waals surface area (Å²) in [5.74, 6) is 0.304. The number of H-pyrrole nitrogens is 1. The fraction of sp³-hybridized carbons (Fsp3) is 0.615. The summed E-state index contributed by atoms with van der Waals surface area (Å²) in [5, 5.41) is 3.29. The molecule has 0 saturated carbocycles. The molecule has 0 bridgehead atoms. The van der Waals surface area contributed by atoms with Crippen molar-refractivity contribution >= 4 is 23.5 Å². The fourth-order valence-electron chi connectivity index (χ4n) is 1.74. The van der Waals surface area contributed by atoms with E-state index in [-0.39, 0.29) is 29.1 Å². The topological polar surface area (TPSA) is 101 Å². The molecule has 1 rings (SSSR count). The lowest BCUT2D eigenvalue weighted by atomic mass is 10.1. The fourth-order valence-corrected chi connectivity index (χ4v) is 2.44. The van der Waals surface area contributed by atoms with Crippen molar-refractivity contribution in [1.82, 2.24) is 15.3 Å². The number of thioether (sulfide) groups is 1. The predicted octanol–water partition coefficient (Wildman–Crippen LogP) is 1.53. The van der Waals surface area contributed by atoms with Gasteiger partial charge in [0.05, 0.1) is 5.75 Å². The van der Waals surface area contributed by atoms with Crippen LogP contribution in [0.25, 0.3) is 0 Å². The summed E-state index contributed by atoms with van der Waals surface area (Å²) in [7, 11) is 0. The molecule has 0 radical (unpaired) electrons. The summed E-state index contributed by atoms with van der Waals surface area (Å²) in [5.41, 5.74) is 5.16. The van der Waals surface area contributed by atoms with Crippen LogP contribution in [0.15, 0.2) is 16.0 Å². The number of nitrogens with zero attached hydrogens (tertiary/aromatic N) is 1. The van der Waals surface area contributed by atoms with Crippen LogP contribution < -0.4 is 16.6 Å². The number of rotatable bonds is 8. The molecule has 0 aromatic carbocycles. The molecule has 0 aliphatic heterocycles. The number of nitrogen functional groups attached to an aromatic ring is 1. The number of anilines is 1. The van der Waals surface area contributed by atoms with Crippen LogP contribution in [0.4, 0.5) is 5.82 Å². The largest absolute Gasteiger partial charge is 0.383 e. The van der Waals surface area contributed by atoms with E-state index in [9.17, 15) is 9.59 Å². The van der Waals surface area contributed by atoms with Crippen LogP contribution in [-0.4, -0.2) is 27.7 Å². The van der Waals surface area contributed by atoms with Crippen molar-refractivity contribution in [2.45, 2.75) is 50.7 Å². The van der Waals surface area contributed by atoms with Crippen LogP contribution in [0.1, 0.15) is 39.5 Å². The van der Waals surface area contributed by atoms with Gasteiger partial charge in [0, 0.05) is 12.1 Å². The molecule has 1 aromatic rings. The molecule has 1 heterocycles. The monoisotopic (exact) mass is 298 g/mol. The second-order valence-electron chi connectivity index (χ2n) is 4.73. The molecular formula is C13H22N4O2S. The quantitative estimate of drug-likeness (QED) is 0.384. The first-order valence-corrected chi connectivity index (χ1v) is 7.78. The van der Waals surface area contributed by atoms with Crippen LogP contribution in [0.5, 0.6) is 0 Å². The van der Waals surface area contributed by atoms with Gasteiger partial charge in [0.25, 0.3) is 5.56 Å². The van der Waals surface area contributed by atoms with Gasteiger partial charge in [0.15, 0.2) is 5.16 Å². The number of carbonyl (C=O) groups excluding carboxylic acids is 1. The van der Waals surface area contributed by atoms with Crippen molar-refractivity contribution < 1.29 is 4.79 Å². The van der Waals surface area contributed by atoms with Crippen molar-refractivity contribution in [2.24, 2.45) is 0 Å². The first-order chi connectivity index (χ1) is 9.51. The Balaban J connectivity index is 2.33. The SMILES string of the molecule is CCCCC[C@H](C)NC(=O)CSc1nc(N)cc(=O)[nH]1. The summed E-state index contributed by atoms with van der Waals surface area (Å²) in [6, 6.07) is 1.38. The minimum Gasteiger partial charge on any atom is -0.383 e. The van der Waals surface area contributed by atoms with Crippen molar-refractivity contribution in [3.63, 3.8) is 0 Å². The third-order valence-corrected chi connectivity index (χ3v) is 3.60. The Labute approximate surface area is 122 Å². The van der Waals surface area contributed by atoms with Gasteiger partial charge in [-0.15, -0.1) is 0 Å². The maximum Gasteiger partial charge on any atom is 0.253 e. The van der Waals surface area contributed by atoms with Crippen molar-refractivity contribution in [3.05, 3.63) is 16.4 Å². The van der Waals surface area contributed by atoms with Gasteiger partial charge in [0.1, 0.15) is 5.82 Å². The van der Waals surface area contributed by atoms with Gasteiger partial charge in [-0.2, -0.15) is 0 Å². The number of nitrogens with two attached hydrogens (primary N) is 1. The van der Waals surface area contributed by atoms with Gasteiger partial charge in [-0.25, -0.2) is 4.98 Å². The molecule has 0 saturated heterocycles. The van der Waals surface area contributed by atoms with Crippen LogP contribution in [-0.2, 0) is 4.79 Å². The summed E-state index contributed by atoms with van der Waals surface area (Å²) in [4.78, 5) is 29.4. The number of aromatic amines is 1. The van der Waals surface area contributed by atoms with Crippen LogP contribution in [0, 0.1) is 0 Å². The van der Waals surface area contributed by atoms with Crippen LogP contribution in [0.3, 0.4) is 0 Å². The van der Waals surface area contributed by atoms with E-state index in [1.54, 1.807) is 0 Å². The Morgan fingerprint density at radius 2 is 2.30 bits per heavy atom. The number of amides is 1. The van der Waals surface area contributed by atoms with Gasteiger partial charge in [-0.1, -0.05) is 37.9 Å². The van der Waals surface area contributed by atoms with E-state index in [0.717, 1.165) is 12.8 Å². The van der Waals surface area contributed by atoms with E-state index in [1.165, 1.54) is 30.7 Å². The Bertz CT molecular complexity index is 490. The van der Waals surface area contributed by atoms with E-state index >= 15 is 0 Å². The van der Waals surface area contributed by atoms with Gasteiger partial charge >= 0.3 is 0 Å². The van der Waals surface area contributed by atoms with E-state index in [1.807, 2.05) is 6.92 Å². The molecule has 0 spiro atoms. The van der Waals surface area contributed by atoms with E-state index in [2.05, 4.69) is 22.2 Å². The van der Waals surface area contributed by atoms with Gasteiger partial charge in [-0.3, -0.25) is 9.59 Å². The summed E-state index contributed by atoms with van der Waals surface area (Å²) in [6.07, 6.45) is 4.46. The number of aromatic nitrogens is 2. The van der Waals surface area contributed by atoms with Gasteiger partial charge < -0.3 is 16.0 Å². The molecule has 6 nitrogen and oxygen atoms in total. The van der Waals surface area contributed by atoms with Gasteiger partial charge in [-0.05, 0) is 13.3 Å². The molecule has 4 N–H and O–H groups in total. The summed E-state index contributed by atoms with van der Waals surface area (Å²) < 4.78 is 0. The number of carbonyl (C=O) groups is 1. The molecule has 0 unspecified atom stereocenters. The smallest absolute Gasteiger partial charge is 0.253 e. The number of nitrogens with one attached hydrogen (secondary N) is 2. The maximum atomic E-state index is 11.7. The third-order valence-electron chi connectivity index (χ3n) is 2.73. The summed E-state index contributed by atoms with van der Waals surface area (Å²) >= 11 is 1.17. The standard InChI is InChI=1S/C13H22N4O2S/c1-3-4-5-6-9(2)15-12(19)8-20-13-16-10(14)7-11(18)17-13/h7,9H,3-6,8H2,1-2H3,(H,15,19)(H3,14,16,17,18)/t9-/m0/s1. The highest BCUT2D eigenvalue weighted by molar-refractivity contribution is 7.99. The number of hydrogen-bond donors (Lipinski definition) is 3. The Kier molecular flexibility index (Phi) is 7.14. The van der Waals surface area contributed by atoms with Crippen molar-refractivity contribution in [2.75, 3.05) is 11.5 Å². The second kappa shape index (κ2) is 8.63. The molecule has 1 atom stereocenters. The van der Waals surface area contributed by atoms with Crippen LogP contribution >= 0.6 is 11.8 Å². The first kappa shape index (κ1) is 16.6. The lowest BCUT2D eigenvalue weighted by Gasteiger charge is -2.13. The zero-order valence-corrected chi connectivity index (χ0v) is 12.8. The lowest BCUT2D eigenvalue weighted by Crippen LogP contribution is -2.33. The molecular weight excluding hydrogens is 276 g/mol. The molecule has 20 heavy (non-hydrogen) atoms. The minimum absolute atomic E-state index is 0.0657. The Morgan fingerprint density at radius 3 is 2.95 bits per heavy atom. The average molecular weight is 298 g/mol. The molecule has 7 heteroatoms. The van der Waals surface area contributed by atoms with E-state index < -0.39 is 0 Å². The minimum atomic E-state index is -0.312. The van der Waals surface area contributed by atoms with Crippen molar-refractivity contribution in [3.8, 4) is 0 Å². The first-order valence-electron chi connectivity index (χ1n) is 6.80. The maximum absolute atomic E-state index is 11.7. The Hall–Kier alpha value is -1.50. The number of hydrogen-bond acceptors (Lipinski definition) is 5. The normalized spacial score (nSPS) is 12.1. The highest BCUT2D eigenvalue weighted by atomic mass is 32.2. The van der Waals surface area contributed by atoms with Crippen molar-refractivity contribution in [1.29, 1.82) is 0 Å². The van der Waals surface area contributed by atoms with E-state index in [4.69, 9.17) is 5.73 Å². The van der Waals surface area contributed by atoms with Gasteiger partial charge in [0.2, 0.25) is 5.91 Å². The highest BCUT2D eigenvalue weighted by Gasteiger charge is 2.09. The summed E-state index contributed by atoms with van der Waals surface area (Å²) in [6.45, 7) is 4.15. The highest BCUT2D eigenvalue weighted by Crippen LogP contribution is 2.11. The molecule has 0 aliphatic rings. The molecule has 112 valence electrons. The molecule has 1 amide bonds. The second-order valence-corrected chi connectivity index (χ2v) is 5.69. The van der Waals surface area contributed by atoms with Crippen LogP contribution in [0.2, 0.25) is 0 Å². The third kappa shape index (κ3) is 6.60. The zero-order chi connectivity index (χ0) is 15.0.